The molecule has 24 heavy (non-hydrogen) atoms. The summed E-state index contributed by atoms with van der Waals surface area (Å²) < 4.78 is 64.7. The van der Waals surface area contributed by atoms with Crippen LogP contribution >= 0.6 is 11.8 Å². The third kappa shape index (κ3) is 3.76. The van der Waals surface area contributed by atoms with Crippen LogP contribution in [0.25, 0.3) is 5.78 Å². The van der Waals surface area contributed by atoms with Crippen molar-refractivity contribution in [2.45, 2.75) is 15.3 Å². The lowest BCUT2D eigenvalue weighted by Crippen LogP contribution is -2.14. The summed E-state index contributed by atoms with van der Waals surface area (Å²) in [6.07, 6.45) is 3.01. The molecule has 2 heterocycles. The monoisotopic (exact) mass is 375 g/mol. The van der Waals surface area contributed by atoms with E-state index < -0.39 is 15.5 Å². The van der Waals surface area contributed by atoms with Crippen LogP contribution in [0.4, 0.5) is 19.1 Å². The van der Waals surface area contributed by atoms with E-state index in [4.69, 9.17) is 0 Å². The predicted molar refractivity (Wildman–Crippen MR) is 79.9 cm³/mol. The van der Waals surface area contributed by atoms with E-state index in [1.165, 1.54) is 16.9 Å². The number of anilines is 1. The molecule has 0 aliphatic rings. The number of benzene rings is 1. The Morgan fingerprint density at radius 3 is 2.50 bits per heavy atom. The van der Waals surface area contributed by atoms with Crippen LogP contribution in [0.5, 0.6) is 0 Å². The molecular weight excluding hydrogens is 367 g/mol. The quantitative estimate of drug-likeness (QED) is 0.705. The number of halogens is 3. The summed E-state index contributed by atoms with van der Waals surface area (Å²) in [4.78, 5) is 7.46. The van der Waals surface area contributed by atoms with Crippen molar-refractivity contribution in [3.8, 4) is 0 Å². The van der Waals surface area contributed by atoms with Gasteiger partial charge in [-0.2, -0.15) is 18.2 Å². The molecule has 7 nitrogen and oxygen atoms in total. The predicted octanol–water partition coefficient (Wildman–Crippen LogP) is 2.54. The molecule has 0 amide bonds. The number of nitrogens with zero attached hydrogens (tertiary/aromatic N) is 4. The van der Waals surface area contributed by atoms with Gasteiger partial charge >= 0.3 is 5.51 Å². The molecule has 126 valence electrons. The topological polar surface area (TPSA) is 89.2 Å². The van der Waals surface area contributed by atoms with E-state index in [9.17, 15) is 21.6 Å². The van der Waals surface area contributed by atoms with Crippen molar-refractivity contribution in [3.05, 3.63) is 42.7 Å². The molecule has 0 atom stereocenters. The molecular formula is C12H8F3N5O2S2. The van der Waals surface area contributed by atoms with Crippen LogP contribution in [0.2, 0.25) is 0 Å². The van der Waals surface area contributed by atoms with Gasteiger partial charge in [0.1, 0.15) is 0 Å². The highest BCUT2D eigenvalue weighted by atomic mass is 32.2. The fourth-order valence-electron chi connectivity index (χ4n) is 1.78. The van der Waals surface area contributed by atoms with E-state index in [1.54, 1.807) is 6.07 Å². The normalized spacial score (nSPS) is 12.5. The van der Waals surface area contributed by atoms with E-state index in [0.29, 0.717) is 0 Å². The molecule has 1 aromatic carbocycles. The van der Waals surface area contributed by atoms with E-state index in [0.717, 1.165) is 24.3 Å². The Balaban J connectivity index is 1.82. The first-order valence-electron chi connectivity index (χ1n) is 6.29. The van der Waals surface area contributed by atoms with Crippen LogP contribution in [-0.4, -0.2) is 33.5 Å². The number of hydrogen-bond acceptors (Lipinski definition) is 6. The summed E-state index contributed by atoms with van der Waals surface area (Å²) in [5.74, 6) is 0.00886. The third-order valence-corrected chi connectivity index (χ3v) is 4.79. The summed E-state index contributed by atoms with van der Waals surface area (Å²) >= 11 is -0.324. The van der Waals surface area contributed by atoms with Crippen molar-refractivity contribution < 1.29 is 21.6 Å². The van der Waals surface area contributed by atoms with E-state index in [1.807, 2.05) is 0 Å². The van der Waals surface area contributed by atoms with Gasteiger partial charge in [-0.3, -0.25) is 0 Å². The van der Waals surface area contributed by atoms with Crippen molar-refractivity contribution >= 4 is 33.5 Å². The number of fused-ring (bicyclic) bond motifs is 1. The minimum absolute atomic E-state index is 0.114. The van der Waals surface area contributed by atoms with Gasteiger partial charge < -0.3 is 0 Å². The fourth-order valence-corrected chi connectivity index (χ4v) is 3.25. The van der Waals surface area contributed by atoms with E-state index >= 15 is 0 Å². The second-order valence-electron chi connectivity index (χ2n) is 4.42. The molecule has 0 spiro atoms. The summed E-state index contributed by atoms with van der Waals surface area (Å²) in [6, 6.07) is 5.89. The molecule has 0 bridgehead atoms. The number of hydrogen-bond donors (Lipinski definition) is 1. The summed E-state index contributed by atoms with van der Waals surface area (Å²) in [6.45, 7) is 0. The molecule has 0 radical (unpaired) electrons. The SMILES string of the molecule is O=S(=O)(Nc1nc2ncccn2n1)c1ccc(SC(F)(F)F)cc1. The van der Waals surface area contributed by atoms with Gasteiger partial charge in [0, 0.05) is 17.3 Å². The first kappa shape index (κ1) is 16.5. The molecule has 3 aromatic rings. The second kappa shape index (κ2) is 5.94. The first-order valence-corrected chi connectivity index (χ1v) is 8.59. The zero-order valence-electron chi connectivity index (χ0n) is 11.6. The second-order valence-corrected chi connectivity index (χ2v) is 7.25. The molecule has 0 aliphatic carbocycles. The highest BCUT2D eigenvalue weighted by Crippen LogP contribution is 2.37. The average Bonchev–Trinajstić information content (AvgIpc) is 2.87. The molecule has 1 N–H and O–H groups in total. The Hall–Kier alpha value is -2.34. The van der Waals surface area contributed by atoms with E-state index in [-0.39, 0.29) is 33.3 Å². The summed E-state index contributed by atoms with van der Waals surface area (Å²) in [5, 5.41) is 3.89. The zero-order chi connectivity index (χ0) is 17.4. The Kier molecular flexibility index (Phi) is 4.09. The highest BCUT2D eigenvalue weighted by Gasteiger charge is 2.29. The Morgan fingerprint density at radius 2 is 1.88 bits per heavy atom. The lowest BCUT2D eigenvalue weighted by Gasteiger charge is -2.07. The van der Waals surface area contributed by atoms with Gasteiger partial charge in [0.25, 0.3) is 21.7 Å². The van der Waals surface area contributed by atoms with Gasteiger partial charge in [-0.25, -0.2) is 22.6 Å². The number of rotatable bonds is 4. The van der Waals surface area contributed by atoms with Crippen LogP contribution in [0.15, 0.2) is 52.5 Å². The van der Waals surface area contributed by atoms with Crippen LogP contribution in [0, 0.1) is 0 Å². The lowest BCUT2D eigenvalue weighted by atomic mass is 10.4. The number of nitrogens with one attached hydrogen (secondary N) is 1. The minimum atomic E-state index is -4.44. The van der Waals surface area contributed by atoms with Gasteiger partial charge in [-0.1, -0.05) is 0 Å². The standard InChI is InChI=1S/C12H8F3N5O2S2/c13-12(14,15)23-8-2-4-9(5-3-8)24(21,22)19-10-17-11-16-6-1-7-20(11)18-10/h1-7H,(H,18,19). The molecule has 0 saturated heterocycles. The average molecular weight is 375 g/mol. The molecule has 0 fully saturated rings. The van der Waals surface area contributed by atoms with E-state index in [2.05, 4.69) is 19.8 Å². The van der Waals surface area contributed by atoms with Crippen molar-refractivity contribution in [2.75, 3.05) is 4.72 Å². The Bertz CT molecular complexity index is 937. The number of aromatic nitrogens is 4. The maximum atomic E-state index is 12.3. The van der Waals surface area contributed by atoms with Gasteiger partial charge in [-0.15, -0.1) is 5.10 Å². The number of thioether (sulfide) groups is 1. The van der Waals surface area contributed by atoms with Crippen LogP contribution in [0.3, 0.4) is 0 Å². The molecule has 3 rings (SSSR count). The fraction of sp³-hybridized carbons (Fsp3) is 0.0833. The minimum Gasteiger partial charge on any atom is -0.246 e. The van der Waals surface area contributed by atoms with Crippen LogP contribution in [0.1, 0.15) is 0 Å². The number of alkyl halides is 3. The number of sulfonamides is 1. The van der Waals surface area contributed by atoms with Crippen molar-refractivity contribution in [1.82, 2.24) is 19.6 Å². The molecule has 2 aromatic heterocycles. The Labute approximate surface area is 138 Å². The van der Waals surface area contributed by atoms with Gasteiger partial charge in [0.2, 0.25) is 0 Å². The maximum Gasteiger partial charge on any atom is 0.446 e. The molecule has 0 saturated carbocycles. The smallest absolute Gasteiger partial charge is 0.246 e. The van der Waals surface area contributed by atoms with Gasteiger partial charge in [0.15, 0.2) is 0 Å². The van der Waals surface area contributed by atoms with Gasteiger partial charge in [0.05, 0.1) is 4.90 Å². The molecule has 12 heteroatoms. The molecule has 0 aliphatic heterocycles. The van der Waals surface area contributed by atoms with Crippen LogP contribution < -0.4 is 4.72 Å². The summed E-state index contributed by atoms with van der Waals surface area (Å²) in [5.41, 5.74) is -4.44. The van der Waals surface area contributed by atoms with Gasteiger partial charge in [-0.05, 0) is 42.1 Å². The molecule has 0 unspecified atom stereocenters. The third-order valence-electron chi connectivity index (χ3n) is 2.71. The maximum absolute atomic E-state index is 12.3. The summed E-state index contributed by atoms with van der Waals surface area (Å²) in [7, 11) is -4.03. The first-order chi connectivity index (χ1) is 11.2. The lowest BCUT2D eigenvalue weighted by molar-refractivity contribution is -0.0328. The van der Waals surface area contributed by atoms with Crippen LogP contribution in [-0.2, 0) is 10.0 Å². The van der Waals surface area contributed by atoms with Crippen molar-refractivity contribution in [3.63, 3.8) is 0 Å². The largest absolute Gasteiger partial charge is 0.446 e. The highest BCUT2D eigenvalue weighted by molar-refractivity contribution is 8.00. The zero-order valence-corrected chi connectivity index (χ0v) is 13.2. The van der Waals surface area contributed by atoms with Crippen molar-refractivity contribution in [1.29, 1.82) is 0 Å². The van der Waals surface area contributed by atoms with Crippen molar-refractivity contribution in [2.24, 2.45) is 0 Å². The Morgan fingerprint density at radius 1 is 1.17 bits per heavy atom.